The van der Waals surface area contributed by atoms with Crippen molar-refractivity contribution in [2.24, 2.45) is 0 Å². The maximum atomic E-state index is 10.8. The number of hydrogen-bond acceptors (Lipinski definition) is 4. The number of hydrogen-bond donors (Lipinski definition) is 3. The first-order valence-electron chi connectivity index (χ1n) is 5.95. The van der Waals surface area contributed by atoms with Crippen LogP contribution in [0.5, 0.6) is 0 Å². The average molecular weight is 259 g/mol. The van der Waals surface area contributed by atoms with Crippen molar-refractivity contribution in [1.82, 2.24) is 0 Å². The van der Waals surface area contributed by atoms with Gasteiger partial charge in [0.2, 0.25) is 5.76 Å². The zero-order valence-electron chi connectivity index (χ0n) is 10.1. The molecule has 0 bridgehead atoms. The third-order valence-electron chi connectivity index (χ3n) is 3.56. The number of nitrogen functional groups attached to an aromatic ring is 1. The standard InChI is InChI=1S/C14H13NO4/c15-9-1-2-10-8(7-9)5-6-14(10,18)12-4-3-11(19-12)13(16)17/h1-4,7,18H,5-6,15H2,(H,16,17). The summed E-state index contributed by atoms with van der Waals surface area (Å²) >= 11 is 0. The van der Waals surface area contributed by atoms with Crippen molar-refractivity contribution in [2.45, 2.75) is 18.4 Å². The highest BCUT2D eigenvalue weighted by molar-refractivity contribution is 5.84. The van der Waals surface area contributed by atoms with Gasteiger partial charge in [-0.1, -0.05) is 6.07 Å². The van der Waals surface area contributed by atoms with E-state index in [0.717, 1.165) is 11.1 Å². The maximum Gasteiger partial charge on any atom is 0.371 e. The normalized spacial score (nSPS) is 21.3. The van der Waals surface area contributed by atoms with Crippen molar-refractivity contribution in [3.8, 4) is 0 Å². The summed E-state index contributed by atoms with van der Waals surface area (Å²) in [7, 11) is 0. The van der Waals surface area contributed by atoms with Crippen molar-refractivity contribution >= 4 is 11.7 Å². The van der Waals surface area contributed by atoms with Crippen molar-refractivity contribution in [1.29, 1.82) is 0 Å². The molecule has 1 unspecified atom stereocenters. The van der Waals surface area contributed by atoms with Crippen LogP contribution in [0.15, 0.2) is 34.7 Å². The number of anilines is 1. The predicted octanol–water partition coefficient (Wildman–Crippen LogP) is 1.74. The first kappa shape index (κ1) is 11.8. The van der Waals surface area contributed by atoms with Crippen LogP contribution in [0.3, 0.4) is 0 Å². The van der Waals surface area contributed by atoms with Gasteiger partial charge in [-0.25, -0.2) is 4.79 Å². The molecule has 2 aromatic rings. The highest BCUT2D eigenvalue weighted by Gasteiger charge is 2.41. The molecular formula is C14H13NO4. The molecule has 0 saturated carbocycles. The van der Waals surface area contributed by atoms with Gasteiger partial charge in [0.05, 0.1) is 0 Å². The lowest BCUT2D eigenvalue weighted by molar-refractivity contribution is 0.0518. The largest absolute Gasteiger partial charge is 0.475 e. The van der Waals surface area contributed by atoms with Crippen LogP contribution in [0.2, 0.25) is 0 Å². The van der Waals surface area contributed by atoms with Crippen LogP contribution >= 0.6 is 0 Å². The molecule has 1 aliphatic carbocycles. The fraction of sp³-hybridized carbons (Fsp3) is 0.214. The van der Waals surface area contributed by atoms with Crippen LogP contribution in [0.4, 0.5) is 5.69 Å². The van der Waals surface area contributed by atoms with E-state index < -0.39 is 11.6 Å². The SMILES string of the molecule is Nc1ccc2c(c1)CCC2(O)c1ccc(C(=O)O)o1. The van der Waals surface area contributed by atoms with E-state index in [4.69, 9.17) is 15.3 Å². The Bertz CT molecular complexity index is 661. The smallest absolute Gasteiger partial charge is 0.371 e. The van der Waals surface area contributed by atoms with E-state index in [9.17, 15) is 9.90 Å². The van der Waals surface area contributed by atoms with E-state index in [2.05, 4.69) is 0 Å². The van der Waals surface area contributed by atoms with Gasteiger partial charge in [-0.15, -0.1) is 0 Å². The van der Waals surface area contributed by atoms with Gasteiger partial charge in [-0.2, -0.15) is 0 Å². The third-order valence-corrected chi connectivity index (χ3v) is 3.56. The van der Waals surface area contributed by atoms with Gasteiger partial charge in [-0.3, -0.25) is 0 Å². The number of fused-ring (bicyclic) bond motifs is 1. The van der Waals surface area contributed by atoms with Gasteiger partial charge in [0.25, 0.3) is 0 Å². The molecule has 0 spiro atoms. The van der Waals surface area contributed by atoms with E-state index in [1.807, 2.05) is 6.07 Å². The Morgan fingerprint density at radius 1 is 1.32 bits per heavy atom. The van der Waals surface area contributed by atoms with E-state index in [1.54, 1.807) is 12.1 Å². The van der Waals surface area contributed by atoms with Crippen molar-refractivity contribution in [3.05, 3.63) is 53.0 Å². The van der Waals surface area contributed by atoms with Crippen molar-refractivity contribution in [2.75, 3.05) is 5.73 Å². The quantitative estimate of drug-likeness (QED) is 0.714. The number of carbonyl (C=O) groups is 1. The molecular weight excluding hydrogens is 246 g/mol. The van der Waals surface area contributed by atoms with Crippen LogP contribution in [0.1, 0.15) is 33.9 Å². The van der Waals surface area contributed by atoms with Gasteiger partial charge in [0.1, 0.15) is 11.4 Å². The molecule has 3 rings (SSSR count). The second-order valence-corrected chi connectivity index (χ2v) is 4.75. The van der Waals surface area contributed by atoms with Crippen LogP contribution in [0, 0.1) is 0 Å². The molecule has 98 valence electrons. The highest BCUT2D eigenvalue weighted by atomic mass is 16.4. The number of furan rings is 1. The lowest BCUT2D eigenvalue weighted by atomic mass is 9.93. The number of aliphatic hydroxyl groups is 1. The van der Waals surface area contributed by atoms with E-state index in [0.29, 0.717) is 18.5 Å². The zero-order chi connectivity index (χ0) is 13.6. The molecule has 1 aromatic heterocycles. The van der Waals surface area contributed by atoms with E-state index in [1.165, 1.54) is 12.1 Å². The lowest BCUT2D eigenvalue weighted by Crippen LogP contribution is -2.23. The minimum atomic E-state index is -1.27. The highest BCUT2D eigenvalue weighted by Crippen LogP contribution is 2.43. The van der Waals surface area contributed by atoms with E-state index in [-0.39, 0.29) is 11.5 Å². The summed E-state index contributed by atoms with van der Waals surface area (Å²) in [4.78, 5) is 10.8. The summed E-state index contributed by atoms with van der Waals surface area (Å²) in [6.45, 7) is 0. The molecule has 0 fully saturated rings. The number of aryl methyl sites for hydroxylation is 1. The van der Waals surface area contributed by atoms with Crippen LogP contribution in [0.25, 0.3) is 0 Å². The summed E-state index contributed by atoms with van der Waals surface area (Å²) < 4.78 is 5.24. The fourth-order valence-electron chi connectivity index (χ4n) is 2.61. The number of nitrogens with two attached hydrogens (primary N) is 1. The number of carboxylic acids is 1. The number of benzene rings is 1. The van der Waals surface area contributed by atoms with Crippen LogP contribution in [-0.4, -0.2) is 16.2 Å². The fourth-order valence-corrected chi connectivity index (χ4v) is 2.61. The molecule has 0 radical (unpaired) electrons. The second kappa shape index (κ2) is 3.86. The molecule has 19 heavy (non-hydrogen) atoms. The number of rotatable bonds is 2. The van der Waals surface area contributed by atoms with Crippen molar-refractivity contribution in [3.63, 3.8) is 0 Å². The van der Waals surface area contributed by atoms with Gasteiger partial charge >= 0.3 is 5.97 Å². The summed E-state index contributed by atoms with van der Waals surface area (Å²) in [5.74, 6) is -1.06. The Morgan fingerprint density at radius 3 is 2.79 bits per heavy atom. The monoisotopic (exact) mass is 259 g/mol. The Morgan fingerprint density at radius 2 is 2.11 bits per heavy atom. The minimum Gasteiger partial charge on any atom is -0.475 e. The second-order valence-electron chi connectivity index (χ2n) is 4.75. The Balaban J connectivity index is 2.08. The Kier molecular flexibility index (Phi) is 2.40. The van der Waals surface area contributed by atoms with Crippen LogP contribution in [-0.2, 0) is 12.0 Å². The summed E-state index contributed by atoms with van der Waals surface area (Å²) in [5.41, 5.74) is 6.80. The molecule has 5 heteroatoms. The average Bonchev–Trinajstić information content (AvgIpc) is 2.96. The number of aromatic carboxylic acids is 1. The zero-order valence-corrected chi connectivity index (χ0v) is 10.1. The van der Waals surface area contributed by atoms with Gasteiger partial charge < -0.3 is 20.4 Å². The summed E-state index contributed by atoms with van der Waals surface area (Å²) in [6.07, 6.45) is 1.14. The summed E-state index contributed by atoms with van der Waals surface area (Å²) in [6, 6.07) is 8.17. The minimum absolute atomic E-state index is 0.174. The molecule has 1 heterocycles. The van der Waals surface area contributed by atoms with Gasteiger partial charge in [-0.05, 0) is 48.2 Å². The Labute approximate surface area is 109 Å². The first-order valence-corrected chi connectivity index (χ1v) is 5.95. The first-order chi connectivity index (χ1) is 9.00. The van der Waals surface area contributed by atoms with Crippen LogP contribution < -0.4 is 5.73 Å². The molecule has 0 aliphatic heterocycles. The molecule has 5 nitrogen and oxygen atoms in total. The molecule has 1 atom stereocenters. The molecule has 0 saturated heterocycles. The Hall–Kier alpha value is -2.27. The number of carboxylic acid groups (broad SMARTS) is 1. The van der Waals surface area contributed by atoms with Crippen molar-refractivity contribution < 1.29 is 19.4 Å². The molecule has 4 N–H and O–H groups in total. The topological polar surface area (TPSA) is 96.7 Å². The molecule has 1 aliphatic rings. The van der Waals surface area contributed by atoms with E-state index >= 15 is 0 Å². The predicted molar refractivity (Wildman–Crippen MR) is 67.8 cm³/mol. The van der Waals surface area contributed by atoms with Gasteiger partial charge in [0, 0.05) is 5.69 Å². The molecule has 1 aromatic carbocycles. The lowest BCUT2D eigenvalue weighted by Gasteiger charge is -2.21. The summed E-state index contributed by atoms with van der Waals surface area (Å²) in [5, 5.41) is 19.6. The molecule has 0 amide bonds. The third kappa shape index (κ3) is 1.70. The van der Waals surface area contributed by atoms with Gasteiger partial charge in [0.15, 0.2) is 0 Å². The maximum absolute atomic E-state index is 10.8.